The third-order valence-electron chi connectivity index (χ3n) is 6.50. The zero-order valence-corrected chi connectivity index (χ0v) is 17.4. The van der Waals surface area contributed by atoms with Crippen molar-refractivity contribution in [2.75, 3.05) is 26.2 Å². The molecule has 31 heavy (non-hydrogen) atoms. The lowest BCUT2D eigenvalue weighted by molar-refractivity contribution is -0.135. The van der Waals surface area contributed by atoms with Gasteiger partial charge in [0.1, 0.15) is 5.76 Å². The van der Waals surface area contributed by atoms with E-state index in [1.807, 2.05) is 41.4 Å². The van der Waals surface area contributed by atoms with Gasteiger partial charge < -0.3 is 14.2 Å². The van der Waals surface area contributed by atoms with Crippen molar-refractivity contribution in [3.05, 3.63) is 78.0 Å². The average molecular weight is 418 g/mol. The molecule has 0 radical (unpaired) electrons. The van der Waals surface area contributed by atoms with Gasteiger partial charge in [-0.1, -0.05) is 30.3 Å². The predicted molar refractivity (Wildman–Crippen MR) is 114 cm³/mol. The highest BCUT2D eigenvalue weighted by atomic mass is 16.4. The van der Waals surface area contributed by atoms with Crippen LogP contribution in [0.25, 0.3) is 0 Å². The van der Waals surface area contributed by atoms with Crippen molar-refractivity contribution in [1.82, 2.24) is 19.6 Å². The van der Waals surface area contributed by atoms with E-state index in [1.54, 1.807) is 21.8 Å². The molecule has 160 valence electrons. The first-order chi connectivity index (χ1) is 15.1. The normalized spacial score (nSPS) is 20.8. The van der Waals surface area contributed by atoms with Crippen LogP contribution in [-0.2, 0) is 17.8 Å². The molecule has 0 saturated carbocycles. The smallest absolute Gasteiger partial charge is 0.289 e. The molecule has 2 saturated heterocycles. The molecule has 0 N–H and O–H groups in total. The van der Waals surface area contributed by atoms with Crippen LogP contribution < -0.4 is 0 Å². The molecule has 1 spiro atoms. The van der Waals surface area contributed by atoms with Gasteiger partial charge in [0.25, 0.3) is 5.91 Å². The number of aromatic nitrogens is 2. The topological polar surface area (TPSA) is 71.6 Å². The van der Waals surface area contributed by atoms with Crippen molar-refractivity contribution in [1.29, 1.82) is 0 Å². The van der Waals surface area contributed by atoms with E-state index in [9.17, 15) is 9.59 Å². The number of carbonyl (C=O) groups is 2. The molecule has 1 atom stereocenters. The van der Waals surface area contributed by atoms with Gasteiger partial charge in [-0.3, -0.25) is 14.3 Å². The van der Waals surface area contributed by atoms with Crippen LogP contribution >= 0.6 is 0 Å². The minimum atomic E-state index is -0.434. The molecule has 0 bridgehead atoms. The van der Waals surface area contributed by atoms with E-state index in [-0.39, 0.29) is 11.8 Å². The Kier molecular flexibility index (Phi) is 5.10. The highest BCUT2D eigenvalue weighted by molar-refractivity contribution is 5.93. The molecule has 2 aliphatic heterocycles. The first kappa shape index (κ1) is 19.6. The SMILES string of the molecule is O=C(c1ccc(Cn2cccn2)o1)N1CCC2(CCN(CCc3ccccc3)C2=O)C1. The standard InChI is InChI=1S/C24H26N4O3/c29-22(21-8-7-20(31-21)17-28-13-4-12-25-28)27-16-11-24(18-27)10-15-26(23(24)30)14-9-19-5-2-1-3-6-19/h1-8,12-13H,9-11,14-18H2. The zero-order valence-electron chi connectivity index (χ0n) is 17.4. The van der Waals surface area contributed by atoms with E-state index >= 15 is 0 Å². The van der Waals surface area contributed by atoms with Crippen LogP contribution in [0.2, 0.25) is 0 Å². The second-order valence-corrected chi connectivity index (χ2v) is 8.50. The molecule has 3 aromatic rings. The Labute approximate surface area is 181 Å². The molecule has 7 heteroatoms. The van der Waals surface area contributed by atoms with Crippen molar-refractivity contribution in [3.8, 4) is 0 Å². The summed E-state index contributed by atoms with van der Waals surface area (Å²) in [7, 11) is 0. The molecule has 2 fully saturated rings. The number of benzene rings is 1. The van der Waals surface area contributed by atoms with Gasteiger partial charge in [0.2, 0.25) is 5.91 Å². The van der Waals surface area contributed by atoms with E-state index < -0.39 is 5.41 Å². The fourth-order valence-electron chi connectivity index (χ4n) is 4.73. The Hall–Kier alpha value is -3.35. The van der Waals surface area contributed by atoms with Crippen LogP contribution in [0.1, 0.15) is 34.7 Å². The number of likely N-dealkylation sites (tertiary alicyclic amines) is 2. The monoisotopic (exact) mass is 418 g/mol. The number of hydrogen-bond acceptors (Lipinski definition) is 4. The summed E-state index contributed by atoms with van der Waals surface area (Å²) in [5, 5.41) is 4.16. The van der Waals surface area contributed by atoms with Gasteiger partial charge >= 0.3 is 0 Å². The first-order valence-electron chi connectivity index (χ1n) is 10.8. The fourth-order valence-corrected chi connectivity index (χ4v) is 4.73. The maximum absolute atomic E-state index is 13.2. The van der Waals surface area contributed by atoms with Gasteiger partial charge in [-0.25, -0.2) is 0 Å². The molecule has 5 rings (SSSR count). The molecular formula is C24H26N4O3. The number of rotatable bonds is 6. The lowest BCUT2D eigenvalue weighted by Crippen LogP contribution is -2.38. The number of nitrogens with zero attached hydrogens (tertiary/aromatic N) is 4. The van der Waals surface area contributed by atoms with Gasteiger partial charge in [-0.15, -0.1) is 0 Å². The van der Waals surface area contributed by atoms with Crippen molar-refractivity contribution in [3.63, 3.8) is 0 Å². The molecular weight excluding hydrogens is 392 g/mol. The Balaban J connectivity index is 1.20. The summed E-state index contributed by atoms with van der Waals surface area (Å²) in [6.07, 6.45) is 5.95. The van der Waals surface area contributed by atoms with Crippen LogP contribution in [0.15, 0.2) is 65.3 Å². The molecule has 7 nitrogen and oxygen atoms in total. The second kappa shape index (κ2) is 8.06. The number of hydrogen-bond donors (Lipinski definition) is 0. The second-order valence-electron chi connectivity index (χ2n) is 8.50. The largest absolute Gasteiger partial charge is 0.454 e. The van der Waals surface area contributed by atoms with Crippen molar-refractivity contribution in [2.24, 2.45) is 5.41 Å². The van der Waals surface area contributed by atoms with E-state index in [2.05, 4.69) is 17.2 Å². The number of amides is 2. The predicted octanol–water partition coefficient (Wildman–Crippen LogP) is 2.83. The Bertz CT molecular complexity index is 1060. The van der Waals surface area contributed by atoms with E-state index in [0.717, 1.165) is 32.4 Å². The van der Waals surface area contributed by atoms with Crippen LogP contribution in [0.5, 0.6) is 0 Å². The Morgan fingerprint density at radius 2 is 1.90 bits per heavy atom. The summed E-state index contributed by atoms with van der Waals surface area (Å²) in [6.45, 7) is 3.04. The summed E-state index contributed by atoms with van der Waals surface area (Å²) in [5.74, 6) is 1.06. The average Bonchev–Trinajstić information content (AvgIpc) is 3.59. The van der Waals surface area contributed by atoms with Gasteiger partial charge in [0, 0.05) is 38.6 Å². The van der Waals surface area contributed by atoms with E-state index in [0.29, 0.717) is 31.2 Å². The van der Waals surface area contributed by atoms with Gasteiger partial charge in [0.15, 0.2) is 5.76 Å². The minimum absolute atomic E-state index is 0.140. The number of carbonyl (C=O) groups excluding carboxylic acids is 2. The summed E-state index contributed by atoms with van der Waals surface area (Å²) in [5.41, 5.74) is 0.805. The maximum atomic E-state index is 13.2. The van der Waals surface area contributed by atoms with Crippen LogP contribution in [0.3, 0.4) is 0 Å². The highest BCUT2D eigenvalue weighted by Gasteiger charge is 2.51. The Morgan fingerprint density at radius 1 is 1.06 bits per heavy atom. The fraction of sp³-hybridized carbons (Fsp3) is 0.375. The lowest BCUT2D eigenvalue weighted by atomic mass is 9.85. The minimum Gasteiger partial charge on any atom is -0.454 e. The summed E-state index contributed by atoms with van der Waals surface area (Å²) in [4.78, 5) is 29.9. The van der Waals surface area contributed by atoms with Gasteiger partial charge in [-0.05, 0) is 43.0 Å². The van der Waals surface area contributed by atoms with E-state index in [1.165, 1.54) is 5.56 Å². The molecule has 4 heterocycles. The first-order valence-corrected chi connectivity index (χ1v) is 10.8. The van der Waals surface area contributed by atoms with Crippen molar-refractivity contribution < 1.29 is 14.0 Å². The molecule has 1 unspecified atom stereocenters. The summed E-state index contributed by atoms with van der Waals surface area (Å²) in [6, 6.07) is 15.6. The van der Waals surface area contributed by atoms with Gasteiger partial charge in [0.05, 0.1) is 12.0 Å². The quantitative estimate of drug-likeness (QED) is 0.617. The number of furan rings is 1. The molecule has 2 aliphatic rings. The van der Waals surface area contributed by atoms with Crippen LogP contribution in [0.4, 0.5) is 0 Å². The van der Waals surface area contributed by atoms with Crippen molar-refractivity contribution in [2.45, 2.75) is 25.8 Å². The van der Waals surface area contributed by atoms with Crippen LogP contribution in [0, 0.1) is 5.41 Å². The van der Waals surface area contributed by atoms with Crippen molar-refractivity contribution >= 4 is 11.8 Å². The highest BCUT2D eigenvalue weighted by Crippen LogP contribution is 2.41. The molecule has 2 amide bonds. The van der Waals surface area contributed by atoms with Gasteiger partial charge in [-0.2, -0.15) is 5.10 Å². The van der Waals surface area contributed by atoms with E-state index in [4.69, 9.17) is 4.42 Å². The molecule has 0 aliphatic carbocycles. The van der Waals surface area contributed by atoms with Crippen LogP contribution in [-0.4, -0.2) is 57.6 Å². The summed E-state index contributed by atoms with van der Waals surface area (Å²) >= 11 is 0. The molecule has 2 aromatic heterocycles. The third-order valence-corrected chi connectivity index (χ3v) is 6.50. The lowest BCUT2D eigenvalue weighted by Gasteiger charge is -2.23. The molecule has 1 aromatic carbocycles. The zero-order chi connectivity index (χ0) is 21.3. The Morgan fingerprint density at radius 3 is 2.71 bits per heavy atom. The third kappa shape index (κ3) is 3.87. The summed E-state index contributed by atoms with van der Waals surface area (Å²) < 4.78 is 7.52. The maximum Gasteiger partial charge on any atom is 0.289 e.